The molecule has 4 heteroatoms. The van der Waals surface area contributed by atoms with Crippen LogP contribution in [0.25, 0.3) is 0 Å². The Morgan fingerprint density at radius 3 is 2.60 bits per heavy atom. The SMILES string of the molecule is Cc1cccc(NC(C)c2ccc(O)cc2O)c1C#N. The van der Waals surface area contributed by atoms with E-state index in [4.69, 9.17) is 0 Å². The number of phenols is 2. The summed E-state index contributed by atoms with van der Waals surface area (Å²) in [7, 11) is 0. The molecule has 0 aromatic heterocycles. The van der Waals surface area contributed by atoms with Crippen molar-refractivity contribution in [2.45, 2.75) is 19.9 Å². The van der Waals surface area contributed by atoms with Crippen LogP contribution in [0.2, 0.25) is 0 Å². The Morgan fingerprint density at radius 1 is 1.20 bits per heavy atom. The van der Waals surface area contributed by atoms with Crippen LogP contribution in [0, 0.1) is 18.3 Å². The molecule has 0 aliphatic heterocycles. The summed E-state index contributed by atoms with van der Waals surface area (Å²) in [5.41, 5.74) is 2.89. The molecule has 2 aromatic rings. The molecule has 4 nitrogen and oxygen atoms in total. The standard InChI is InChI=1S/C16H16N2O2/c1-10-4-3-5-15(14(10)9-17)18-11(2)13-7-6-12(19)8-16(13)20/h3-8,11,18-20H,1-2H3. The van der Waals surface area contributed by atoms with Crippen LogP contribution >= 0.6 is 0 Å². The molecule has 0 aliphatic rings. The summed E-state index contributed by atoms with van der Waals surface area (Å²) < 4.78 is 0. The van der Waals surface area contributed by atoms with Crippen molar-refractivity contribution >= 4 is 5.69 Å². The number of nitrogens with one attached hydrogen (secondary N) is 1. The van der Waals surface area contributed by atoms with E-state index in [1.54, 1.807) is 6.07 Å². The van der Waals surface area contributed by atoms with Crippen molar-refractivity contribution in [3.8, 4) is 17.6 Å². The smallest absolute Gasteiger partial charge is 0.124 e. The molecule has 2 aromatic carbocycles. The number of rotatable bonds is 3. The molecule has 0 saturated heterocycles. The Bertz CT molecular complexity index is 675. The van der Waals surface area contributed by atoms with Crippen LogP contribution in [-0.4, -0.2) is 10.2 Å². The molecular weight excluding hydrogens is 252 g/mol. The van der Waals surface area contributed by atoms with Gasteiger partial charge in [0.05, 0.1) is 17.3 Å². The van der Waals surface area contributed by atoms with Crippen molar-refractivity contribution in [2.75, 3.05) is 5.32 Å². The third-order valence-electron chi connectivity index (χ3n) is 3.24. The minimum atomic E-state index is -0.190. The summed E-state index contributed by atoms with van der Waals surface area (Å²) in [6.07, 6.45) is 0. The number of anilines is 1. The molecule has 0 saturated carbocycles. The summed E-state index contributed by atoms with van der Waals surface area (Å²) in [5.74, 6) is 0.0443. The predicted octanol–water partition coefficient (Wildman–Crippen LogP) is 3.45. The predicted molar refractivity (Wildman–Crippen MR) is 77.7 cm³/mol. The van der Waals surface area contributed by atoms with Gasteiger partial charge in [0, 0.05) is 11.6 Å². The highest BCUT2D eigenvalue weighted by molar-refractivity contribution is 5.61. The number of nitriles is 1. The number of aryl methyl sites for hydroxylation is 1. The lowest BCUT2D eigenvalue weighted by Gasteiger charge is -2.18. The first-order valence-corrected chi connectivity index (χ1v) is 6.31. The quantitative estimate of drug-likeness (QED) is 0.796. The molecule has 0 bridgehead atoms. The summed E-state index contributed by atoms with van der Waals surface area (Å²) in [6, 6.07) is 12.1. The van der Waals surface area contributed by atoms with Gasteiger partial charge in [0.25, 0.3) is 0 Å². The minimum absolute atomic E-state index is 0.0201. The third kappa shape index (κ3) is 2.67. The summed E-state index contributed by atoms with van der Waals surface area (Å²) in [6.45, 7) is 3.77. The van der Waals surface area contributed by atoms with E-state index in [0.717, 1.165) is 11.3 Å². The van der Waals surface area contributed by atoms with Gasteiger partial charge in [0.1, 0.15) is 17.6 Å². The van der Waals surface area contributed by atoms with E-state index in [1.165, 1.54) is 12.1 Å². The number of aromatic hydroxyl groups is 2. The van der Waals surface area contributed by atoms with Gasteiger partial charge in [-0.05, 0) is 37.6 Å². The Balaban J connectivity index is 2.31. The lowest BCUT2D eigenvalue weighted by atomic mass is 10.0. The average molecular weight is 268 g/mol. The zero-order valence-electron chi connectivity index (χ0n) is 11.4. The molecule has 0 aliphatic carbocycles. The van der Waals surface area contributed by atoms with Crippen LogP contribution in [0.15, 0.2) is 36.4 Å². The van der Waals surface area contributed by atoms with E-state index in [9.17, 15) is 15.5 Å². The maximum atomic E-state index is 9.86. The maximum absolute atomic E-state index is 9.86. The Morgan fingerprint density at radius 2 is 1.95 bits per heavy atom. The number of nitrogens with zero attached hydrogens (tertiary/aromatic N) is 1. The Hall–Kier alpha value is -2.67. The molecule has 20 heavy (non-hydrogen) atoms. The maximum Gasteiger partial charge on any atom is 0.124 e. The van der Waals surface area contributed by atoms with Crippen LogP contribution < -0.4 is 5.32 Å². The molecule has 0 fully saturated rings. The molecule has 2 rings (SSSR count). The number of hydrogen-bond acceptors (Lipinski definition) is 4. The van der Waals surface area contributed by atoms with Crippen LogP contribution in [-0.2, 0) is 0 Å². The molecule has 0 radical (unpaired) electrons. The molecule has 1 unspecified atom stereocenters. The molecule has 102 valence electrons. The van der Waals surface area contributed by atoms with Crippen LogP contribution in [0.3, 0.4) is 0 Å². The molecule has 0 amide bonds. The highest BCUT2D eigenvalue weighted by atomic mass is 16.3. The van der Waals surface area contributed by atoms with Crippen LogP contribution in [0.4, 0.5) is 5.69 Å². The largest absolute Gasteiger partial charge is 0.508 e. The van der Waals surface area contributed by atoms with Crippen molar-refractivity contribution in [3.63, 3.8) is 0 Å². The zero-order valence-corrected chi connectivity index (χ0v) is 11.4. The van der Waals surface area contributed by atoms with Gasteiger partial charge < -0.3 is 15.5 Å². The second-order valence-electron chi connectivity index (χ2n) is 4.72. The monoisotopic (exact) mass is 268 g/mol. The Labute approximate surface area is 117 Å². The van der Waals surface area contributed by atoms with Gasteiger partial charge in [0.2, 0.25) is 0 Å². The first-order chi connectivity index (χ1) is 9.52. The van der Waals surface area contributed by atoms with Crippen molar-refractivity contribution in [1.82, 2.24) is 0 Å². The van der Waals surface area contributed by atoms with E-state index < -0.39 is 0 Å². The minimum Gasteiger partial charge on any atom is -0.508 e. The summed E-state index contributed by atoms with van der Waals surface area (Å²) in [4.78, 5) is 0. The second kappa shape index (κ2) is 5.54. The number of benzene rings is 2. The van der Waals surface area contributed by atoms with Gasteiger partial charge >= 0.3 is 0 Å². The van der Waals surface area contributed by atoms with Crippen molar-refractivity contribution in [2.24, 2.45) is 0 Å². The van der Waals surface area contributed by atoms with Crippen molar-refractivity contribution in [1.29, 1.82) is 5.26 Å². The third-order valence-corrected chi connectivity index (χ3v) is 3.24. The lowest BCUT2D eigenvalue weighted by Crippen LogP contribution is -2.08. The first-order valence-electron chi connectivity index (χ1n) is 6.31. The molecule has 1 atom stereocenters. The van der Waals surface area contributed by atoms with Crippen LogP contribution in [0.5, 0.6) is 11.5 Å². The highest BCUT2D eigenvalue weighted by Gasteiger charge is 2.13. The van der Waals surface area contributed by atoms with Gasteiger partial charge in [-0.15, -0.1) is 0 Å². The van der Waals surface area contributed by atoms with Crippen LogP contribution in [0.1, 0.15) is 29.7 Å². The fourth-order valence-corrected chi connectivity index (χ4v) is 2.15. The van der Waals surface area contributed by atoms with Gasteiger partial charge in [-0.25, -0.2) is 0 Å². The van der Waals surface area contributed by atoms with Gasteiger partial charge in [0.15, 0.2) is 0 Å². The summed E-state index contributed by atoms with van der Waals surface area (Å²) >= 11 is 0. The topological polar surface area (TPSA) is 76.3 Å². The fourth-order valence-electron chi connectivity index (χ4n) is 2.15. The van der Waals surface area contributed by atoms with E-state index in [0.29, 0.717) is 11.1 Å². The molecule has 3 N–H and O–H groups in total. The van der Waals surface area contributed by atoms with E-state index in [1.807, 2.05) is 32.0 Å². The second-order valence-corrected chi connectivity index (χ2v) is 4.72. The summed E-state index contributed by atoms with van der Waals surface area (Å²) in [5, 5.41) is 31.6. The van der Waals surface area contributed by atoms with Gasteiger partial charge in [-0.2, -0.15) is 5.26 Å². The van der Waals surface area contributed by atoms with E-state index >= 15 is 0 Å². The zero-order chi connectivity index (χ0) is 14.7. The van der Waals surface area contributed by atoms with Crippen molar-refractivity contribution < 1.29 is 10.2 Å². The molecule has 0 heterocycles. The lowest BCUT2D eigenvalue weighted by molar-refractivity contribution is 0.444. The number of hydrogen-bond donors (Lipinski definition) is 3. The normalized spacial score (nSPS) is 11.7. The fraction of sp³-hybridized carbons (Fsp3) is 0.188. The average Bonchev–Trinajstić information content (AvgIpc) is 2.38. The molecule has 0 spiro atoms. The molecular formula is C16H16N2O2. The van der Waals surface area contributed by atoms with Gasteiger partial charge in [-0.1, -0.05) is 12.1 Å². The number of phenolic OH excluding ortho intramolecular Hbond substituents is 2. The Kier molecular flexibility index (Phi) is 3.81. The van der Waals surface area contributed by atoms with Crippen molar-refractivity contribution in [3.05, 3.63) is 53.1 Å². The van der Waals surface area contributed by atoms with E-state index in [-0.39, 0.29) is 17.5 Å². The first kappa shape index (κ1) is 13.8. The van der Waals surface area contributed by atoms with Gasteiger partial charge in [-0.3, -0.25) is 0 Å². The highest BCUT2D eigenvalue weighted by Crippen LogP contribution is 2.31. The van der Waals surface area contributed by atoms with E-state index in [2.05, 4.69) is 11.4 Å².